The number of fused-ring (bicyclic) bond motifs is 5. The van der Waals surface area contributed by atoms with E-state index >= 15 is 0 Å². The fourth-order valence-electron chi connectivity index (χ4n) is 7.46. The second kappa shape index (κ2) is 9.30. The van der Waals surface area contributed by atoms with E-state index in [1.807, 2.05) is 82.8 Å². The molecule has 4 aromatic carbocycles. The molecule has 42 heavy (non-hydrogen) atoms. The van der Waals surface area contributed by atoms with Crippen LogP contribution in [0.15, 0.2) is 121 Å². The predicted molar refractivity (Wildman–Crippen MR) is 154 cm³/mol. The second-order valence-electron chi connectivity index (χ2n) is 11.1. The zero-order chi connectivity index (χ0) is 28.5. The predicted octanol–water partition coefficient (Wildman–Crippen LogP) is 4.13. The van der Waals surface area contributed by atoms with Gasteiger partial charge in [0.25, 0.3) is 11.8 Å². The van der Waals surface area contributed by atoms with E-state index in [2.05, 4.69) is 0 Å². The van der Waals surface area contributed by atoms with Gasteiger partial charge in [-0.25, -0.2) is 19.8 Å². The number of carbonyl (C=O) groups excluding carboxylic acids is 4. The summed E-state index contributed by atoms with van der Waals surface area (Å²) >= 11 is 0. The Kier molecular flexibility index (Phi) is 5.50. The SMILES string of the molecule is O=C1[C@H]2[C@@H](c3ccccc3)N3[C@H]4C(=O)N(c5ccccc5)C(=O)[C@H]4[C@@H](c4ccccc4)N3[C@H]2C(=O)N1c1ccccc1. The number of rotatable bonds is 4. The van der Waals surface area contributed by atoms with Crippen LogP contribution in [-0.4, -0.2) is 45.7 Å². The van der Waals surface area contributed by atoms with E-state index in [9.17, 15) is 19.2 Å². The molecule has 4 saturated heterocycles. The highest BCUT2D eigenvalue weighted by molar-refractivity contribution is 6.26. The van der Waals surface area contributed by atoms with Gasteiger partial charge in [-0.15, -0.1) is 0 Å². The molecule has 0 aromatic heterocycles. The molecule has 8 nitrogen and oxygen atoms in total. The van der Waals surface area contributed by atoms with Crippen molar-refractivity contribution < 1.29 is 19.2 Å². The highest BCUT2D eigenvalue weighted by Crippen LogP contribution is 2.59. The Balaban J connectivity index is 1.33. The second-order valence-corrected chi connectivity index (χ2v) is 11.1. The minimum Gasteiger partial charge on any atom is -0.274 e. The molecule has 0 spiro atoms. The molecule has 206 valence electrons. The summed E-state index contributed by atoms with van der Waals surface area (Å²) in [6.45, 7) is 0. The van der Waals surface area contributed by atoms with E-state index in [0.29, 0.717) is 11.4 Å². The number of carbonyl (C=O) groups is 4. The molecule has 0 unspecified atom stereocenters. The van der Waals surface area contributed by atoms with Crippen LogP contribution in [0.25, 0.3) is 0 Å². The van der Waals surface area contributed by atoms with Crippen LogP contribution in [0.2, 0.25) is 0 Å². The number of hydrazine groups is 1. The highest BCUT2D eigenvalue weighted by atomic mass is 16.2. The molecule has 4 aliphatic rings. The van der Waals surface area contributed by atoms with Crippen molar-refractivity contribution in [3.05, 3.63) is 132 Å². The van der Waals surface area contributed by atoms with Gasteiger partial charge in [-0.1, -0.05) is 97.1 Å². The van der Waals surface area contributed by atoms with Gasteiger partial charge < -0.3 is 0 Å². The molecule has 8 rings (SSSR count). The van der Waals surface area contributed by atoms with Gasteiger partial charge in [-0.05, 0) is 35.4 Å². The van der Waals surface area contributed by atoms with Gasteiger partial charge in [0, 0.05) is 0 Å². The Hall–Kier alpha value is -4.92. The lowest BCUT2D eigenvalue weighted by molar-refractivity contribution is -0.136. The summed E-state index contributed by atoms with van der Waals surface area (Å²) in [5.41, 5.74) is 2.66. The third-order valence-electron chi connectivity index (χ3n) is 9.04. The van der Waals surface area contributed by atoms with Crippen LogP contribution in [0.3, 0.4) is 0 Å². The number of benzene rings is 4. The summed E-state index contributed by atoms with van der Waals surface area (Å²) in [6, 6.07) is 34.0. The van der Waals surface area contributed by atoms with E-state index in [4.69, 9.17) is 0 Å². The van der Waals surface area contributed by atoms with Crippen molar-refractivity contribution in [3.63, 3.8) is 0 Å². The van der Waals surface area contributed by atoms with Crippen LogP contribution < -0.4 is 9.80 Å². The average Bonchev–Trinajstić information content (AvgIpc) is 3.70. The monoisotopic (exact) mass is 554 g/mol. The van der Waals surface area contributed by atoms with Gasteiger partial charge in [-0.2, -0.15) is 0 Å². The lowest BCUT2D eigenvalue weighted by atomic mass is 9.84. The molecule has 0 saturated carbocycles. The average molecular weight is 555 g/mol. The molecular weight excluding hydrogens is 528 g/mol. The third kappa shape index (κ3) is 3.30. The first-order valence-corrected chi connectivity index (χ1v) is 14.1. The van der Waals surface area contributed by atoms with E-state index in [1.54, 1.807) is 48.5 Å². The van der Waals surface area contributed by atoms with Crippen LogP contribution >= 0.6 is 0 Å². The maximum absolute atomic E-state index is 14.3. The lowest BCUT2D eigenvalue weighted by Gasteiger charge is -2.35. The minimum atomic E-state index is -0.871. The van der Waals surface area contributed by atoms with Gasteiger partial charge in [0.2, 0.25) is 11.8 Å². The van der Waals surface area contributed by atoms with Gasteiger partial charge in [0.1, 0.15) is 12.1 Å². The smallest absolute Gasteiger partial charge is 0.253 e. The normalized spacial score (nSPS) is 28.9. The summed E-state index contributed by atoms with van der Waals surface area (Å²) in [5, 5.41) is 3.79. The quantitative estimate of drug-likeness (QED) is 0.353. The van der Waals surface area contributed by atoms with Crippen molar-refractivity contribution in [1.29, 1.82) is 0 Å². The Morgan fingerprint density at radius 1 is 0.357 bits per heavy atom. The summed E-state index contributed by atoms with van der Waals surface area (Å²) in [5.74, 6) is -2.83. The van der Waals surface area contributed by atoms with Crippen LogP contribution in [-0.2, 0) is 19.2 Å². The van der Waals surface area contributed by atoms with Crippen LogP contribution in [0.1, 0.15) is 23.2 Å². The van der Waals surface area contributed by atoms with Crippen molar-refractivity contribution in [3.8, 4) is 0 Å². The summed E-state index contributed by atoms with van der Waals surface area (Å²) in [6.07, 6.45) is 0. The largest absolute Gasteiger partial charge is 0.274 e. The Morgan fingerprint density at radius 2 is 0.667 bits per heavy atom. The van der Waals surface area contributed by atoms with E-state index < -0.39 is 36.0 Å². The lowest BCUT2D eigenvalue weighted by Crippen LogP contribution is -2.50. The van der Waals surface area contributed by atoms with Gasteiger partial charge in [-0.3, -0.25) is 19.2 Å². The zero-order valence-corrected chi connectivity index (χ0v) is 22.4. The first-order valence-electron chi connectivity index (χ1n) is 14.1. The first-order chi connectivity index (χ1) is 20.6. The molecule has 0 radical (unpaired) electrons. The number of para-hydroxylation sites is 2. The molecule has 4 amide bonds. The van der Waals surface area contributed by atoms with Crippen LogP contribution in [0.5, 0.6) is 0 Å². The maximum atomic E-state index is 14.3. The van der Waals surface area contributed by atoms with Crippen molar-refractivity contribution in [2.24, 2.45) is 11.8 Å². The molecule has 4 heterocycles. The van der Waals surface area contributed by atoms with E-state index in [0.717, 1.165) is 11.1 Å². The molecule has 0 N–H and O–H groups in total. The standard InChI is InChI=1S/C34H26N4O4/c39-31-25-27(21-13-5-1-6-14-21)37-30-26(32(40)36(34(30)42)24-19-11-4-12-20-24)28(22-15-7-2-8-16-22)38(37)29(25)33(41)35(31)23-17-9-3-10-18-23/h1-20,25-30H/t25-,26-,27+,28+,29+,30+/m0/s1. The summed E-state index contributed by atoms with van der Waals surface area (Å²) < 4.78 is 0. The fraction of sp³-hybridized carbons (Fsp3) is 0.176. The van der Waals surface area contributed by atoms with Crippen molar-refractivity contribution >= 4 is 35.0 Å². The number of amides is 4. The van der Waals surface area contributed by atoms with Gasteiger partial charge in [0.05, 0.1) is 35.3 Å². The van der Waals surface area contributed by atoms with Crippen LogP contribution in [0.4, 0.5) is 11.4 Å². The zero-order valence-electron chi connectivity index (χ0n) is 22.4. The first kappa shape index (κ1) is 24.8. The van der Waals surface area contributed by atoms with Crippen molar-refractivity contribution in [1.82, 2.24) is 10.0 Å². The number of nitrogens with zero attached hydrogens (tertiary/aromatic N) is 4. The Bertz CT molecular complexity index is 1590. The molecule has 6 atom stereocenters. The van der Waals surface area contributed by atoms with E-state index in [-0.39, 0.29) is 23.6 Å². The van der Waals surface area contributed by atoms with Crippen molar-refractivity contribution in [2.45, 2.75) is 24.2 Å². The third-order valence-corrected chi connectivity index (χ3v) is 9.04. The molecule has 8 heteroatoms. The minimum absolute atomic E-state index is 0.306. The number of hydrogen-bond donors (Lipinski definition) is 0. The highest BCUT2D eigenvalue weighted by Gasteiger charge is 2.73. The number of imide groups is 2. The molecule has 0 aliphatic carbocycles. The fourth-order valence-corrected chi connectivity index (χ4v) is 7.46. The van der Waals surface area contributed by atoms with Gasteiger partial charge in [0.15, 0.2) is 0 Å². The number of anilines is 2. The summed E-state index contributed by atoms with van der Waals surface area (Å²) in [7, 11) is 0. The topological polar surface area (TPSA) is 81.2 Å². The molecule has 4 aliphatic heterocycles. The van der Waals surface area contributed by atoms with Gasteiger partial charge >= 0.3 is 0 Å². The number of hydrogen-bond acceptors (Lipinski definition) is 6. The molecule has 4 aromatic rings. The molecule has 4 fully saturated rings. The maximum Gasteiger partial charge on any atom is 0.253 e. The van der Waals surface area contributed by atoms with Crippen LogP contribution in [0, 0.1) is 11.8 Å². The Morgan fingerprint density at radius 3 is 1.00 bits per heavy atom. The van der Waals surface area contributed by atoms with E-state index in [1.165, 1.54) is 9.80 Å². The Labute approximate surface area is 242 Å². The molecule has 0 bridgehead atoms. The summed E-state index contributed by atoms with van der Waals surface area (Å²) in [4.78, 5) is 59.7. The van der Waals surface area contributed by atoms with Crippen molar-refractivity contribution in [2.75, 3.05) is 9.80 Å². The molecular formula is C34H26N4O4.